The van der Waals surface area contributed by atoms with Crippen molar-refractivity contribution in [2.45, 2.75) is 25.8 Å². The zero-order chi connectivity index (χ0) is 14.8. The maximum absolute atomic E-state index is 13.7. The Morgan fingerprint density at radius 3 is 2.81 bits per heavy atom. The highest BCUT2D eigenvalue weighted by molar-refractivity contribution is 9.10. The molecule has 0 amide bonds. The van der Waals surface area contributed by atoms with Gasteiger partial charge in [-0.05, 0) is 64.0 Å². The summed E-state index contributed by atoms with van der Waals surface area (Å²) in [6.07, 6.45) is 1.93. The first kappa shape index (κ1) is 14.7. The number of fused-ring (bicyclic) bond motifs is 1. The molecule has 1 aliphatic carbocycles. The summed E-state index contributed by atoms with van der Waals surface area (Å²) in [5.41, 5.74) is 3.87. The lowest BCUT2D eigenvalue weighted by molar-refractivity contribution is 0.393. The second-order valence-corrected chi connectivity index (χ2v) is 6.41. The van der Waals surface area contributed by atoms with Gasteiger partial charge in [0.1, 0.15) is 5.82 Å². The van der Waals surface area contributed by atoms with Gasteiger partial charge in [-0.2, -0.15) is 0 Å². The normalized spacial score (nSPS) is 20.5. The van der Waals surface area contributed by atoms with E-state index in [2.05, 4.69) is 52.4 Å². The van der Waals surface area contributed by atoms with Gasteiger partial charge in [0.05, 0.1) is 4.47 Å². The molecule has 0 heterocycles. The SMILES string of the molecule is CCNC1c2ccccc2CC1Cc1cccc(F)c1Br. The van der Waals surface area contributed by atoms with Gasteiger partial charge in [0.2, 0.25) is 0 Å². The van der Waals surface area contributed by atoms with Crippen molar-refractivity contribution in [2.75, 3.05) is 6.54 Å². The number of rotatable bonds is 4. The fourth-order valence-electron chi connectivity index (χ4n) is 3.35. The highest BCUT2D eigenvalue weighted by atomic mass is 79.9. The van der Waals surface area contributed by atoms with Gasteiger partial charge in [0.15, 0.2) is 0 Å². The van der Waals surface area contributed by atoms with Crippen LogP contribution in [-0.2, 0) is 12.8 Å². The zero-order valence-electron chi connectivity index (χ0n) is 12.1. The average molecular weight is 348 g/mol. The number of nitrogens with one attached hydrogen (secondary N) is 1. The number of benzene rings is 2. The van der Waals surface area contributed by atoms with Gasteiger partial charge in [-0.15, -0.1) is 0 Å². The van der Waals surface area contributed by atoms with Gasteiger partial charge in [0, 0.05) is 6.04 Å². The maximum Gasteiger partial charge on any atom is 0.137 e. The second-order valence-electron chi connectivity index (χ2n) is 5.62. The largest absolute Gasteiger partial charge is 0.310 e. The molecular formula is C18H19BrFN. The van der Waals surface area contributed by atoms with Crippen LogP contribution >= 0.6 is 15.9 Å². The predicted octanol–water partition coefficient (Wildman–Crippen LogP) is 4.65. The fourth-order valence-corrected chi connectivity index (χ4v) is 3.78. The molecule has 2 aromatic rings. The van der Waals surface area contributed by atoms with E-state index in [0.717, 1.165) is 24.9 Å². The Morgan fingerprint density at radius 1 is 1.19 bits per heavy atom. The summed E-state index contributed by atoms with van der Waals surface area (Å²) in [5, 5.41) is 3.60. The van der Waals surface area contributed by atoms with E-state index in [4.69, 9.17) is 0 Å². The van der Waals surface area contributed by atoms with E-state index in [0.29, 0.717) is 16.4 Å². The first-order valence-electron chi connectivity index (χ1n) is 7.44. The molecule has 1 aliphatic rings. The van der Waals surface area contributed by atoms with E-state index in [1.54, 1.807) is 6.07 Å². The van der Waals surface area contributed by atoms with Crippen molar-refractivity contribution < 1.29 is 4.39 Å². The molecule has 1 nitrogen and oxygen atoms in total. The fraction of sp³-hybridized carbons (Fsp3) is 0.333. The third kappa shape index (κ3) is 2.90. The molecule has 0 fully saturated rings. The molecule has 0 aliphatic heterocycles. The Labute approximate surface area is 133 Å². The van der Waals surface area contributed by atoms with Crippen LogP contribution in [0.25, 0.3) is 0 Å². The van der Waals surface area contributed by atoms with Crippen LogP contribution in [0.5, 0.6) is 0 Å². The van der Waals surface area contributed by atoms with Gasteiger partial charge in [-0.25, -0.2) is 4.39 Å². The van der Waals surface area contributed by atoms with Crippen molar-refractivity contribution in [1.29, 1.82) is 0 Å². The molecule has 110 valence electrons. The average Bonchev–Trinajstić information content (AvgIpc) is 2.82. The van der Waals surface area contributed by atoms with Crippen LogP contribution in [0.15, 0.2) is 46.9 Å². The molecule has 2 aromatic carbocycles. The quantitative estimate of drug-likeness (QED) is 0.848. The van der Waals surface area contributed by atoms with Crippen molar-refractivity contribution in [2.24, 2.45) is 5.92 Å². The van der Waals surface area contributed by atoms with Gasteiger partial charge in [-0.3, -0.25) is 0 Å². The molecule has 0 saturated carbocycles. The molecule has 2 atom stereocenters. The number of halogens is 2. The third-order valence-electron chi connectivity index (χ3n) is 4.28. The van der Waals surface area contributed by atoms with Crippen LogP contribution in [0, 0.1) is 11.7 Å². The van der Waals surface area contributed by atoms with Crippen LogP contribution in [0.3, 0.4) is 0 Å². The Kier molecular flexibility index (Phi) is 4.41. The standard InChI is InChI=1S/C18H19BrFN/c1-2-21-18-14(10-12-6-3-4-8-15(12)18)11-13-7-5-9-16(20)17(13)19/h3-9,14,18,21H,2,10-11H2,1H3. The van der Waals surface area contributed by atoms with E-state index < -0.39 is 0 Å². The van der Waals surface area contributed by atoms with E-state index in [-0.39, 0.29) is 5.82 Å². The Hall–Kier alpha value is -1.19. The molecule has 1 N–H and O–H groups in total. The smallest absolute Gasteiger partial charge is 0.137 e. The monoisotopic (exact) mass is 347 g/mol. The number of hydrogen-bond donors (Lipinski definition) is 1. The lowest BCUT2D eigenvalue weighted by Crippen LogP contribution is -2.26. The molecule has 0 aromatic heterocycles. The highest BCUT2D eigenvalue weighted by Crippen LogP contribution is 2.39. The van der Waals surface area contributed by atoms with E-state index in [1.165, 1.54) is 17.2 Å². The molecule has 21 heavy (non-hydrogen) atoms. The van der Waals surface area contributed by atoms with Gasteiger partial charge in [0.25, 0.3) is 0 Å². The van der Waals surface area contributed by atoms with Crippen molar-refractivity contribution in [3.05, 3.63) is 69.4 Å². The summed E-state index contributed by atoms with van der Waals surface area (Å²) in [6.45, 7) is 3.08. The minimum atomic E-state index is -0.178. The molecule has 0 bridgehead atoms. The van der Waals surface area contributed by atoms with Crippen molar-refractivity contribution in [3.8, 4) is 0 Å². The molecule has 2 unspecified atom stereocenters. The zero-order valence-corrected chi connectivity index (χ0v) is 13.7. The summed E-state index contributed by atoms with van der Waals surface area (Å²) >= 11 is 3.39. The van der Waals surface area contributed by atoms with Crippen molar-refractivity contribution in [3.63, 3.8) is 0 Å². The molecular weight excluding hydrogens is 329 g/mol. The Balaban J connectivity index is 1.87. The van der Waals surface area contributed by atoms with Gasteiger partial charge >= 0.3 is 0 Å². The summed E-state index contributed by atoms with van der Waals surface area (Å²) < 4.78 is 14.3. The highest BCUT2D eigenvalue weighted by Gasteiger charge is 2.31. The summed E-state index contributed by atoms with van der Waals surface area (Å²) in [7, 11) is 0. The third-order valence-corrected chi connectivity index (χ3v) is 5.17. The summed E-state index contributed by atoms with van der Waals surface area (Å²) in [4.78, 5) is 0. The van der Waals surface area contributed by atoms with Crippen LogP contribution in [0.1, 0.15) is 29.7 Å². The van der Waals surface area contributed by atoms with Gasteiger partial charge < -0.3 is 5.32 Å². The summed E-state index contributed by atoms with van der Waals surface area (Å²) in [5.74, 6) is 0.295. The van der Waals surface area contributed by atoms with Crippen LogP contribution in [0.4, 0.5) is 4.39 Å². The lowest BCUT2D eigenvalue weighted by Gasteiger charge is -2.22. The van der Waals surface area contributed by atoms with Crippen molar-refractivity contribution in [1.82, 2.24) is 5.32 Å². The van der Waals surface area contributed by atoms with E-state index in [1.807, 2.05) is 6.07 Å². The van der Waals surface area contributed by atoms with E-state index in [9.17, 15) is 4.39 Å². The van der Waals surface area contributed by atoms with E-state index >= 15 is 0 Å². The predicted molar refractivity (Wildman–Crippen MR) is 87.9 cm³/mol. The summed E-state index contributed by atoms with van der Waals surface area (Å²) in [6, 6.07) is 14.3. The molecule has 3 rings (SSSR count). The maximum atomic E-state index is 13.7. The van der Waals surface area contributed by atoms with Crippen LogP contribution < -0.4 is 5.32 Å². The lowest BCUT2D eigenvalue weighted by atomic mass is 9.92. The second kappa shape index (κ2) is 6.29. The Morgan fingerprint density at radius 2 is 2.00 bits per heavy atom. The first-order chi connectivity index (χ1) is 10.2. The molecule has 0 saturated heterocycles. The molecule has 0 spiro atoms. The topological polar surface area (TPSA) is 12.0 Å². The van der Waals surface area contributed by atoms with Crippen LogP contribution in [-0.4, -0.2) is 6.54 Å². The van der Waals surface area contributed by atoms with Crippen LogP contribution in [0.2, 0.25) is 0 Å². The first-order valence-corrected chi connectivity index (χ1v) is 8.24. The molecule has 3 heteroatoms. The number of hydrogen-bond acceptors (Lipinski definition) is 1. The molecule has 0 radical (unpaired) electrons. The van der Waals surface area contributed by atoms with Gasteiger partial charge in [-0.1, -0.05) is 43.3 Å². The minimum absolute atomic E-state index is 0.178. The minimum Gasteiger partial charge on any atom is -0.310 e. The Bertz CT molecular complexity index is 641. The van der Waals surface area contributed by atoms with Crippen molar-refractivity contribution >= 4 is 15.9 Å².